The van der Waals surface area contributed by atoms with Gasteiger partial charge in [-0.25, -0.2) is 0 Å². The zero-order valence-corrected chi connectivity index (χ0v) is 11.1. The van der Waals surface area contributed by atoms with Crippen LogP contribution in [0.15, 0.2) is 12.1 Å². The van der Waals surface area contributed by atoms with Crippen LogP contribution in [0, 0.1) is 13.8 Å². The number of aryl methyl sites for hydroxylation is 2. The molecule has 0 atom stereocenters. The fourth-order valence-electron chi connectivity index (χ4n) is 2.19. The Morgan fingerprint density at radius 2 is 1.88 bits per heavy atom. The van der Waals surface area contributed by atoms with E-state index in [-0.39, 0.29) is 0 Å². The monoisotopic (exact) mass is 234 g/mol. The molecular formula is C15H22O2. The van der Waals surface area contributed by atoms with E-state index in [4.69, 9.17) is 9.47 Å². The van der Waals surface area contributed by atoms with Gasteiger partial charge in [0.1, 0.15) is 5.75 Å². The van der Waals surface area contributed by atoms with E-state index in [2.05, 4.69) is 26.0 Å². The van der Waals surface area contributed by atoms with Crippen LogP contribution in [0.25, 0.3) is 0 Å². The first-order valence-electron chi connectivity index (χ1n) is 6.45. The minimum atomic E-state index is 0.733. The lowest BCUT2D eigenvalue weighted by Gasteiger charge is -2.13. The maximum Gasteiger partial charge on any atom is 0.122 e. The van der Waals surface area contributed by atoms with Gasteiger partial charge in [-0.15, -0.1) is 0 Å². The molecule has 17 heavy (non-hydrogen) atoms. The Balaban J connectivity index is 1.99. The summed E-state index contributed by atoms with van der Waals surface area (Å²) in [6.07, 6.45) is 3.65. The van der Waals surface area contributed by atoms with E-state index in [1.807, 2.05) is 0 Å². The Bertz CT molecular complexity index is 381. The Morgan fingerprint density at radius 1 is 1.12 bits per heavy atom. The number of ether oxygens (including phenoxy) is 2. The lowest BCUT2D eigenvalue weighted by atomic mass is 10.0. The number of benzene rings is 1. The highest BCUT2D eigenvalue weighted by molar-refractivity contribution is 5.44. The summed E-state index contributed by atoms with van der Waals surface area (Å²) in [6, 6.07) is 4.49. The highest BCUT2D eigenvalue weighted by Gasteiger charge is 2.25. The van der Waals surface area contributed by atoms with Gasteiger partial charge < -0.3 is 9.47 Å². The quantitative estimate of drug-likeness (QED) is 0.700. The zero-order chi connectivity index (χ0) is 12.3. The molecule has 0 aromatic heterocycles. The molecule has 2 rings (SSSR count). The van der Waals surface area contributed by atoms with Crippen molar-refractivity contribution >= 4 is 0 Å². The van der Waals surface area contributed by atoms with Crippen LogP contribution >= 0.6 is 0 Å². The third kappa shape index (κ3) is 3.22. The van der Waals surface area contributed by atoms with Gasteiger partial charge in [-0.05, 0) is 55.4 Å². The first-order chi connectivity index (χ1) is 8.22. The largest absolute Gasteiger partial charge is 0.493 e. The van der Waals surface area contributed by atoms with Gasteiger partial charge in [0.15, 0.2) is 0 Å². The molecule has 0 saturated heterocycles. The Morgan fingerprint density at radius 3 is 2.53 bits per heavy atom. The van der Waals surface area contributed by atoms with Crippen LogP contribution in [0.5, 0.6) is 5.75 Å². The predicted molar refractivity (Wildman–Crippen MR) is 69.9 cm³/mol. The molecule has 2 heteroatoms. The van der Waals surface area contributed by atoms with Crippen LogP contribution < -0.4 is 4.74 Å². The van der Waals surface area contributed by atoms with Crippen molar-refractivity contribution in [3.8, 4) is 5.75 Å². The number of hydrogen-bond donors (Lipinski definition) is 0. The lowest BCUT2D eigenvalue weighted by Crippen LogP contribution is -2.03. The summed E-state index contributed by atoms with van der Waals surface area (Å²) in [5, 5.41) is 0. The molecule has 0 radical (unpaired) electrons. The average Bonchev–Trinajstić information content (AvgIpc) is 3.12. The topological polar surface area (TPSA) is 18.5 Å². The maximum atomic E-state index is 5.79. The van der Waals surface area contributed by atoms with Gasteiger partial charge in [0.2, 0.25) is 0 Å². The van der Waals surface area contributed by atoms with E-state index < -0.39 is 0 Å². The van der Waals surface area contributed by atoms with Crippen LogP contribution in [0.3, 0.4) is 0 Å². The lowest BCUT2D eigenvalue weighted by molar-refractivity contribution is 0.172. The highest BCUT2D eigenvalue weighted by Crippen LogP contribution is 2.43. The number of rotatable bonds is 6. The van der Waals surface area contributed by atoms with Gasteiger partial charge in [0, 0.05) is 20.1 Å². The van der Waals surface area contributed by atoms with E-state index in [1.165, 1.54) is 29.5 Å². The van der Waals surface area contributed by atoms with Crippen molar-refractivity contribution in [3.05, 3.63) is 28.8 Å². The summed E-state index contributed by atoms with van der Waals surface area (Å²) in [4.78, 5) is 0. The van der Waals surface area contributed by atoms with Crippen molar-refractivity contribution in [1.29, 1.82) is 0 Å². The molecule has 0 N–H and O–H groups in total. The molecule has 94 valence electrons. The number of methoxy groups -OCH3 is 1. The van der Waals surface area contributed by atoms with Crippen molar-refractivity contribution in [2.45, 2.75) is 39.0 Å². The fourth-order valence-corrected chi connectivity index (χ4v) is 2.19. The van der Waals surface area contributed by atoms with Crippen molar-refractivity contribution in [2.24, 2.45) is 0 Å². The second kappa shape index (κ2) is 5.54. The Labute approximate surface area is 104 Å². The maximum absolute atomic E-state index is 5.79. The molecule has 1 aromatic rings. The Hall–Kier alpha value is -1.02. The van der Waals surface area contributed by atoms with Crippen LogP contribution in [0.2, 0.25) is 0 Å². The van der Waals surface area contributed by atoms with Crippen LogP contribution in [0.4, 0.5) is 0 Å². The smallest absolute Gasteiger partial charge is 0.122 e. The summed E-state index contributed by atoms with van der Waals surface area (Å²) >= 11 is 0. The molecule has 1 aliphatic rings. The average molecular weight is 234 g/mol. The highest BCUT2D eigenvalue weighted by atomic mass is 16.5. The molecule has 1 saturated carbocycles. The minimum Gasteiger partial charge on any atom is -0.493 e. The molecular weight excluding hydrogens is 212 g/mol. The standard InChI is InChI=1S/C15H22O2/c1-11-10-15(17-8-4-7-16-3)12(2)9-14(11)13-5-6-13/h9-10,13H,4-8H2,1-3H3. The minimum absolute atomic E-state index is 0.733. The van der Waals surface area contributed by atoms with E-state index in [1.54, 1.807) is 7.11 Å². The van der Waals surface area contributed by atoms with Crippen LogP contribution in [-0.4, -0.2) is 20.3 Å². The van der Waals surface area contributed by atoms with Crippen LogP contribution in [-0.2, 0) is 4.74 Å². The molecule has 1 fully saturated rings. The van der Waals surface area contributed by atoms with Gasteiger partial charge >= 0.3 is 0 Å². The predicted octanol–water partition coefficient (Wildman–Crippen LogP) is 3.60. The molecule has 2 nitrogen and oxygen atoms in total. The second-order valence-corrected chi connectivity index (χ2v) is 4.94. The van der Waals surface area contributed by atoms with Crippen LogP contribution in [0.1, 0.15) is 41.9 Å². The molecule has 0 aliphatic heterocycles. The van der Waals surface area contributed by atoms with Gasteiger partial charge in [-0.3, -0.25) is 0 Å². The number of hydrogen-bond acceptors (Lipinski definition) is 2. The van der Waals surface area contributed by atoms with Gasteiger partial charge in [-0.1, -0.05) is 6.07 Å². The van der Waals surface area contributed by atoms with Gasteiger partial charge in [-0.2, -0.15) is 0 Å². The summed E-state index contributed by atoms with van der Waals surface area (Å²) in [5.41, 5.74) is 4.15. The second-order valence-electron chi connectivity index (χ2n) is 4.94. The zero-order valence-electron chi connectivity index (χ0n) is 11.1. The molecule has 0 heterocycles. The van der Waals surface area contributed by atoms with Crippen molar-refractivity contribution < 1.29 is 9.47 Å². The van der Waals surface area contributed by atoms with Gasteiger partial charge in [0.25, 0.3) is 0 Å². The molecule has 0 bridgehead atoms. The van der Waals surface area contributed by atoms with Gasteiger partial charge in [0.05, 0.1) is 6.61 Å². The van der Waals surface area contributed by atoms with E-state index in [9.17, 15) is 0 Å². The SMILES string of the molecule is COCCCOc1cc(C)c(C2CC2)cc1C. The van der Waals surface area contributed by atoms with Crippen molar-refractivity contribution in [3.63, 3.8) is 0 Å². The molecule has 1 aromatic carbocycles. The summed E-state index contributed by atoms with van der Waals surface area (Å²) < 4.78 is 10.8. The molecule has 0 amide bonds. The van der Waals surface area contributed by atoms with Crippen molar-refractivity contribution in [2.75, 3.05) is 20.3 Å². The van der Waals surface area contributed by atoms with Crippen molar-refractivity contribution in [1.82, 2.24) is 0 Å². The van der Waals surface area contributed by atoms with E-state index >= 15 is 0 Å². The first-order valence-corrected chi connectivity index (χ1v) is 6.45. The summed E-state index contributed by atoms with van der Waals surface area (Å²) in [6.45, 7) is 5.82. The third-order valence-corrected chi connectivity index (χ3v) is 3.33. The molecule has 1 aliphatic carbocycles. The first kappa shape index (κ1) is 12.4. The molecule has 0 spiro atoms. The Kier molecular flexibility index (Phi) is 4.06. The van der Waals surface area contributed by atoms with E-state index in [0.29, 0.717) is 0 Å². The summed E-state index contributed by atoms with van der Waals surface area (Å²) in [5.74, 6) is 1.85. The third-order valence-electron chi connectivity index (χ3n) is 3.33. The normalized spacial score (nSPS) is 15.0. The molecule has 0 unspecified atom stereocenters. The fraction of sp³-hybridized carbons (Fsp3) is 0.600. The summed E-state index contributed by atoms with van der Waals surface area (Å²) in [7, 11) is 1.72. The van der Waals surface area contributed by atoms with E-state index in [0.717, 1.165) is 31.3 Å².